The normalized spacial score (nSPS) is 11.0. The zero-order valence-electron chi connectivity index (χ0n) is 9.76. The highest BCUT2D eigenvalue weighted by Gasteiger charge is 2.04. The molecule has 0 unspecified atom stereocenters. The maximum Gasteiger partial charge on any atom is 0.0406 e. The zero-order chi connectivity index (χ0) is 11.8. The minimum Gasteiger partial charge on any atom is -0.298 e. The molecular formula is C13H19Cl2N. The van der Waals surface area contributed by atoms with Gasteiger partial charge in [0.2, 0.25) is 0 Å². The van der Waals surface area contributed by atoms with Crippen LogP contribution in [0.5, 0.6) is 0 Å². The lowest BCUT2D eigenvalue weighted by Crippen LogP contribution is -2.26. The van der Waals surface area contributed by atoms with Gasteiger partial charge in [-0.3, -0.25) is 4.90 Å². The molecule has 1 nitrogen and oxygen atoms in total. The van der Waals surface area contributed by atoms with E-state index in [4.69, 9.17) is 23.2 Å². The quantitative estimate of drug-likeness (QED) is 0.665. The lowest BCUT2D eigenvalue weighted by Gasteiger charge is -2.21. The lowest BCUT2D eigenvalue weighted by molar-refractivity contribution is 0.277. The highest BCUT2D eigenvalue weighted by atomic mass is 35.5. The summed E-state index contributed by atoms with van der Waals surface area (Å²) >= 11 is 11.7. The average molecular weight is 260 g/mol. The van der Waals surface area contributed by atoms with Gasteiger partial charge in [0.1, 0.15) is 0 Å². The molecular weight excluding hydrogens is 241 g/mol. The minimum absolute atomic E-state index is 0.692. The van der Waals surface area contributed by atoms with E-state index in [1.807, 2.05) is 12.1 Å². The second-order valence-electron chi connectivity index (χ2n) is 3.95. The maximum absolute atomic E-state index is 5.86. The molecule has 0 saturated carbocycles. The van der Waals surface area contributed by atoms with Gasteiger partial charge in [-0.2, -0.15) is 0 Å². The van der Waals surface area contributed by atoms with Crippen LogP contribution in [0, 0.1) is 0 Å². The summed E-state index contributed by atoms with van der Waals surface area (Å²) in [6, 6.07) is 8.04. The maximum atomic E-state index is 5.86. The number of alkyl halides is 1. The summed E-state index contributed by atoms with van der Waals surface area (Å²) in [7, 11) is 0. The van der Waals surface area contributed by atoms with E-state index < -0.39 is 0 Å². The molecule has 0 aliphatic heterocycles. The number of hydrogen-bond acceptors (Lipinski definition) is 1. The monoisotopic (exact) mass is 259 g/mol. The van der Waals surface area contributed by atoms with Crippen molar-refractivity contribution in [1.29, 1.82) is 0 Å². The third-order valence-electron chi connectivity index (χ3n) is 2.55. The number of rotatable bonds is 7. The molecule has 3 heteroatoms. The van der Waals surface area contributed by atoms with E-state index >= 15 is 0 Å². The minimum atomic E-state index is 0.692. The molecule has 0 N–H and O–H groups in total. The van der Waals surface area contributed by atoms with Crippen LogP contribution in [-0.4, -0.2) is 23.9 Å². The van der Waals surface area contributed by atoms with Crippen LogP contribution in [0.3, 0.4) is 0 Å². The van der Waals surface area contributed by atoms with Crippen LogP contribution >= 0.6 is 23.2 Å². The number of halogens is 2. The van der Waals surface area contributed by atoms with Crippen LogP contribution in [0.2, 0.25) is 5.02 Å². The Morgan fingerprint density at radius 2 is 1.81 bits per heavy atom. The Balaban J connectivity index is 2.49. The van der Waals surface area contributed by atoms with Crippen molar-refractivity contribution in [1.82, 2.24) is 4.90 Å². The number of nitrogens with zero attached hydrogens (tertiary/aromatic N) is 1. The summed E-state index contributed by atoms with van der Waals surface area (Å²) in [4.78, 5) is 2.39. The second kappa shape index (κ2) is 7.94. The van der Waals surface area contributed by atoms with Gasteiger partial charge in [-0.25, -0.2) is 0 Å². The molecule has 0 spiro atoms. The van der Waals surface area contributed by atoms with E-state index in [9.17, 15) is 0 Å². The molecule has 0 aliphatic rings. The third kappa shape index (κ3) is 5.20. The van der Waals surface area contributed by atoms with Gasteiger partial charge in [0.25, 0.3) is 0 Å². The summed E-state index contributed by atoms with van der Waals surface area (Å²) < 4.78 is 0. The number of hydrogen-bond donors (Lipinski definition) is 0. The van der Waals surface area contributed by atoms with Crippen molar-refractivity contribution in [3.05, 3.63) is 34.9 Å². The molecule has 90 valence electrons. The topological polar surface area (TPSA) is 3.24 Å². The molecule has 0 aliphatic carbocycles. The first kappa shape index (κ1) is 13.8. The molecule has 1 aromatic rings. The first-order chi connectivity index (χ1) is 7.76. The van der Waals surface area contributed by atoms with Gasteiger partial charge < -0.3 is 0 Å². The summed E-state index contributed by atoms with van der Waals surface area (Å²) in [5, 5.41) is 0.793. The largest absolute Gasteiger partial charge is 0.298 e. The van der Waals surface area contributed by atoms with Gasteiger partial charge in [-0.15, -0.1) is 11.6 Å². The smallest absolute Gasteiger partial charge is 0.0406 e. The Labute approximate surface area is 108 Å². The Morgan fingerprint density at radius 1 is 1.12 bits per heavy atom. The second-order valence-corrected chi connectivity index (χ2v) is 4.76. The van der Waals surface area contributed by atoms with Crippen LogP contribution in [0.1, 0.15) is 25.3 Å². The van der Waals surface area contributed by atoms with Gasteiger partial charge in [0.15, 0.2) is 0 Å². The fraction of sp³-hybridized carbons (Fsp3) is 0.538. The Morgan fingerprint density at radius 3 is 2.38 bits per heavy atom. The highest BCUT2D eigenvalue weighted by Crippen LogP contribution is 2.12. The van der Waals surface area contributed by atoms with Gasteiger partial charge in [-0.05, 0) is 30.7 Å². The highest BCUT2D eigenvalue weighted by molar-refractivity contribution is 6.30. The van der Waals surface area contributed by atoms with E-state index in [2.05, 4.69) is 24.0 Å². The summed E-state index contributed by atoms with van der Waals surface area (Å²) in [5.41, 5.74) is 1.30. The molecule has 16 heavy (non-hydrogen) atoms. The Kier molecular flexibility index (Phi) is 6.86. The molecule has 0 radical (unpaired) electrons. The Hall–Kier alpha value is -0.240. The fourth-order valence-corrected chi connectivity index (χ4v) is 1.98. The van der Waals surface area contributed by atoms with E-state index in [-0.39, 0.29) is 0 Å². The first-order valence-corrected chi connectivity index (χ1v) is 6.70. The van der Waals surface area contributed by atoms with Crippen molar-refractivity contribution in [2.24, 2.45) is 0 Å². The third-order valence-corrected chi connectivity index (χ3v) is 2.97. The van der Waals surface area contributed by atoms with Crippen molar-refractivity contribution in [3.63, 3.8) is 0 Å². The first-order valence-electron chi connectivity index (χ1n) is 5.79. The fourth-order valence-electron chi connectivity index (χ4n) is 1.62. The molecule has 0 heterocycles. The summed E-state index contributed by atoms with van der Waals surface area (Å²) in [6.45, 7) is 5.24. The van der Waals surface area contributed by atoms with Crippen LogP contribution in [0.4, 0.5) is 0 Å². The predicted molar refractivity (Wildman–Crippen MR) is 72.4 cm³/mol. The van der Waals surface area contributed by atoms with E-state index in [1.165, 1.54) is 18.4 Å². The van der Waals surface area contributed by atoms with E-state index in [1.54, 1.807) is 0 Å². The van der Waals surface area contributed by atoms with Crippen molar-refractivity contribution < 1.29 is 0 Å². The van der Waals surface area contributed by atoms with Crippen molar-refractivity contribution in [3.8, 4) is 0 Å². The van der Waals surface area contributed by atoms with Gasteiger partial charge in [0, 0.05) is 24.0 Å². The molecule has 0 bridgehead atoms. The zero-order valence-corrected chi connectivity index (χ0v) is 11.3. The van der Waals surface area contributed by atoms with Gasteiger partial charge >= 0.3 is 0 Å². The van der Waals surface area contributed by atoms with E-state index in [0.717, 1.165) is 24.7 Å². The summed E-state index contributed by atoms with van der Waals surface area (Å²) in [6.07, 6.45) is 2.45. The Bertz CT molecular complexity index is 284. The van der Waals surface area contributed by atoms with Gasteiger partial charge in [0.05, 0.1) is 0 Å². The SMILES string of the molecule is CCCCN(CCCl)Cc1ccc(Cl)cc1. The lowest BCUT2D eigenvalue weighted by atomic mass is 10.2. The number of benzene rings is 1. The molecule has 0 atom stereocenters. The van der Waals surface area contributed by atoms with Crippen LogP contribution in [-0.2, 0) is 6.54 Å². The molecule has 0 amide bonds. The summed E-state index contributed by atoms with van der Waals surface area (Å²) in [5.74, 6) is 0.692. The average Bonchev–Trinajstić information content (AvgIpc) is 2.29. The van der Waals surface area contributed by atoms with Crippen LogP contribution in [0.25, 0.3) is 0 Å². The van der Waals surface area contributed by atoms with Crippen molar-refractivity contribution >= 4 is 23.2 Å². The van der Waals surface area contributed by atoms with Crippen molar-refractivity contribution in [2.75, 3.05) is 19.0 Å². The molecule has 0 fully saturated rings. The number of unbranched alkanes of at least 4 members (excludes halogenated alkanes) is 1. The molecule has 0 saturated heterocycles. The standard InChI is InChI=1S/C13H19Cl2N/c1-2-3-9-16(10-8-14)11-12-4-6-13(15)7-5-12/h4-7H,2-3,8-11H2,1H3. The van der Waals surface area contributed by atoms with Crippen LogP contribution in [0.15, 0.2) is 24.3 Å². The molecule has 1 aromatic carbocycles. The predicted octanol–water partition coefficient (Wildman–Crippen LogP) is 4.18. The molecule has 0 aromatic heterocycles. The van der Waals surface area contributed by atoms with Gasteiger partial charge in [-0.1, -0.05) is 37.1 Å². The van der Waals surface area contributed by atoms with E-state index in [0.29, 0.717) is 5.88 Å². The molecule has 1 rings (SSSR count). The van der Waals surface area contributed by atoms with Crippen molar-refractivity contribution in [2.45, 2.75) is 26.3 Å². The van der Waals surface area contributed by atoms with Crippen LogP contribution < -0.4 is 0 Å².